The Morgan fingerprint density at radius 2 is 1.90 bits per heavy atom. The number of fused-ring (bicyclic) bond motifs is 1. The molecule has 29 heavy (non-hydrogen) atoms. The summed E-state index contributed by atoms with van der Waals surface area (Å²) >= 11 is 6.06. The fourth-order valence-corrected chi connectivity index (χ4v) is 3.85. The van der Waals surface area contributed by atoms with Crippen molar-refractivity contribution in [3.05, 3.63) is 52.8 Å². The zero-order valence-electron chi connectivity index (χ0n) is 16.5. The van der Waals surface area contributed by atoms with Crippen LogP contribution in [0.15, 0.2) is 36.5 Å². The number of imidazole rings is 1. The standard InChI is InChI=1S/C19H22ClN5O3S/c1-5-16-19(24(2)3)25-11-12(6-7-17(25)22-16)18(26)21-14-8-13(20)9-15(10-14)23-29(4,27)28/h6-11,23H,5H2,1-4H3,(H,21,26). The number of hydrogen-bond acceptors (Lipinski definition) is 5. The number of hydrogen-bond donors (Lipinski definition) is 2. The van der Waals surface area contributed by atoms with Gasteiger partial charge in [0.15, 0.2) is 0 Å². The first-order valence-corrected chi connectivity index (χ1v) is 11.1. The molecule has 0 fully saturated rings. The molecule has 0 saturated carbocycles. The van der Waals surface area contributed by atoms with E-state index < -0.39 is 10.0 Å². The Morgan fingerprint density at radius 1 is 1.21 bits per heavy atom. The summed E-state index contributed by atoms with van der Waals surface area (Å²) in [6.07, 6.45) is 3.54. The van der Waals surface area contributed by atoms with Gasteiger partial charge in [0.1, 0.15) is 11.5 Å². The number of nitrogens with one attached hydrogen (secondary N) is 2. The lowest BCUT2D eigenvalue weighted by Gasteiger charge is -2.14. The maximum Gasteiger partial charge on any atom is 0.257 e. The van der Waals surface area contributed by atoms with Crippen molar-refractivity contribution in [2.75, 3.05) is 35.3 Å². The summed E-state index contributed by atoms with van der Waals surface area (Å²) in [6.45, 7) is 2.03. The van der Waals surface area contributed by atoms with Crippen molar-refractivity contribution < 1.29 is 13.2 Å². The number of carbonyl (C=O) groups excluding carboxylic acids is 1. The van der Waals surface area contributed by atoms with Crippen molar-refractivity contribution in [1.29, 1.82) is 0 Å². The molecule has 1 aromatic carbocycles. The van der Waals surface area contributed by atoms with E-state index in [9.17, 15) is 13.2 Å². The largest absolute Gasteiger partial charge is 0.362 e. The third-order valence-corrected chi connectivity index (χ3v) is 4.97. The molecule has 2 N–H and O–H groups in total. The molecule has 0 saturated heterocycles. The third-order valence-electron chi connectivity index (χ3n) is 4.14. The summed E-state index contributed by atoms with van der Waals surface area (Å²) in [7, 11) is 0.391. The molecule has 0 aliphatic carbocycles. The van der Waals surface area contributed by atoms with Gasteiger partial charge >= 0.3 is 0 Å². The fraction of sp³-hybridized carbons (Fsp3) is 0.263. The van der Waals surface area contributed by atoms with Crippen molar-refractivity contribution in [3.8, 4) is 0 Å². The van der Waals surface area contributed by atoms with Gasteiger partial charge in [0.25, 0.3) is 5.91 Å². The monoisotopic (exact) mass is 435 g/mol. The van der Waals surface area contributed by atoms with Gasteiger partial charge in [-0.2, -0.15) is 0 Å². The third kappa shape index (κ3) is 4.80. The van der Waals surface area contributed by atoms with Crippen LogP contribution in [0.2, 0.25) is 5.02 Å². The number of sulfonamides is 1. The Balaban J connectivity index is 1.93. The van der Waals surface area contributed by atoms with E-state index in [0.717, 1.165) is 29.8 Å². The number of amides is 1. The molecule has 3 aromatic rings. The summed E-state index contributed by atoms with van der Waals surface area (Å²) in [4.78, 5) is 19.3. The van der Waals surface area contributed by atoms with Crippen molar-refractivity contribution in [2.24, 2.45) is 0 Å². The zero-order chi connectivity index (χ0) is 21.3. The highest BCUT2D eigenvalue weighted by Gasteiger charge is 2.15. The normalized spacial score (nSPS) is 11.5. The maximum atomic E-state index is 12.8. The minimum atomic E-state index is -3.47. The topological polar surface area (TPSA) is 95.8 Å². The molecule has 0 radical (unpaired) electrons. The van der Waals surface area contributed by atoms with Gasteiger partial charge in [-0.1, -0.05) is 18.5 Å². The fourth-order valence-electron chi connectivity index (χ4n) is 3.06. The molecule has 1 amide bonds. The van der Waals surface area contributed by atoms with Crippen LogP contribution >= 0.6 is 11.6 Å². The smallest absolute Gasteiger partial charge is 0.257 e. The summed E-state index contributed by atoms with van der Waals surface area (Å²) in [5, 5.41) is 3.05. The van der Waals surface area contributed by atoms with Crippen LogP contribution in [-0.4, -0.2) is 44.1 Å². The maximum absolute atomic E-state index is 12.8. The van der Waals surface area contributed by atoms with Gasteiger partial charge in [0.2, 0.25) is 10.0 Å². The molecule has 0 atom stereocenters. The molecule has 0 spiro atoms. The summed E-state index contributed by atoms with van der Waals surface area (Å²) in [5.41, 5.74) is 2.77. The Bertz CT molecular complexity index is 1190. The molecule has 0 unspecified atom stereocenters. The highest BCUT2D eigenvalue weighted by Crippen LogP contribution is 2.25. The molecule has 10 heteroatoms. The van der Waals surface area contributed by atoms with Gasteiger partial charge in [-0.25, -0.2) is 13.4 Å². The van der Waals surface area contributed by atoms with Crippen molar-refractivity contribution in [3.63, 3.8) is 0 Å². The van der Waals surface area contributed by atoms with Gasteiger partial charge in [0.05, 0.1) is 23.2 Å². The number of anilines is 3. The molecule has 8 nitrogen and oxygen atoms in total. The van der Waals surface area contributed by atoms with Crippen LogP contribution in [0.3, 0.4) is 0 Å². The van der Waals surface area contributed by atoms with E-state index in [2.05, 4.69) is 15.0 Å². The molecular weight excluding hydrogens is 414 g/mol. The average molecular weight is 436 g/mol. The van der Waals surface area contributed by atoms with E-state index in [-0.39, 0.29) is 11.6 Å². The Morgan fingerprint density at radius 3 is 2.52 bits per heavy atom. The number of halogens is 1. The van der Waals surface area contributed by atoms with Crippen LogP contribution in [-0.2, 0) is 16.4 Å². The van der Waals surface area contributed by atoms with Crippen molar-refractivity contribution in [2.45, 2.75) is 13.3 Å². The highest BCUT2D eigenvalue weighted by atomic mass is 35.5. The Labute approximate surface area is 174 Å². The summed E-state index contributed by atoms with van der Waals surface area (Å²) in [5.74, 6) is 0.565. The first-order valence-electron chi connectivity index (χ1n) is 8.85. The minimum absolute atomic E-state index is 0.267. The van der Waals surface area contributed by atoms with Crippen LogP contribution in [0.5, 0.6) is 0 Å². The average Bonchev–Trinajstić information content (AvgIpc) is 2.97. The summed E-state index contributed by atoms with van der Waals surface area (Å²) in [6, 6.07) is 7.99. The van der Waals surface area contributed by atoms with E-state index in [1.807, 2.05) is 30.3 Å². The van der Waals surface area contributed by atoms with Gasteiger partial charge < -0.3 is 10.2 Å². The molecule has 0 aliphatic rings. The number of benzene rings is 1. The van der Waals surface area contributed by atoms with Gasteiger partial charge in [0, 0.05) is 31.0 Å². The lowest BCUT2D eigenvalue weighted by atomic mass is 10.2. The number of aromatic nitrogens is 2. The predicted molar refractivity (Wildman–Crippen MR) is 117 cm³/mol. The number of aryl methyl sites for hydroxylation is 1. The van der Waals surface area contributed by atoms with Gasteiger partial charge in [-0.15, -0.1) is 0 Å². The second kappa shape index (κ2) is 7.92. The quantitative estimate of drug-likeness (QED) is 0.619. The zero-order valence-corrected chi connectivity index (χ0v) is 18.1. The molecular formula is C19H22ClN5O3S. The molecule has 154 valence electrons. The number of nitrogens with zero attached hydrogens (tertiary/aromatic N) is 3. The van der Waals surface area contributed by atoms with Crippen LogP contribution in [0.1, 0.15) is 23.0 Å². The van der Waals surface area contributed by atoms with Crippen molar-refractivity contribution in [1.82, 2.24) is 9.38 Å². The Hall–Kier alpha value is -2.78. The van der Waals surface area contributed by atoms with Gasteiger partial charge in [-0.3, -0.25) is 13.9 Å². The van der Waals surface area contributed by atoms with E-state index in [4.69, 9.17) is 11.6 Å². The van der Waals surface area contributed by atoms with Crippen LogP contribution < -0.4 is 14.9 Å². The predicted octanol–water partition coefficient (Wildman–Crippen LogP) is 3.24. The lowest BCUT2D eigenvalue weighted by molar-refractivity contribution is 0.102. The minimum Gasteiger partial charge on any atom is -0.362 e. The second-order valence-corrected chi connectivity index (χ2v) is 9.02. The first kappa shape index (κ1) is 20.9. The van der Waals surface area contributed by atoms with Gasteiger partial charge in [-0.05, 0) is 36.8 Å². The second-order valence-electron chi connectivity index (χ2n) is 6.83. The van der Waals surface area contributed by atoms with Crippen molar-refractivity contribution >= 4 is 50.4 Å². The first-order chi connectivity index (χ1) is 13.6. The number of pyridine rings is 1. The van der Waals surface area contributed by atoms with E-state index in [0.29, 0.717) is 16.3 Å². The molecule has 3 rings (SSSR count). The van der Waals surface area contributed by atoms with Crippen LogP contribution in [0.25, 0.3) is 5.65 Å². The van der Waals surface area contributed by atoms with E-state index in [1.54, 1.807) is 24.4 Å². The SMILES string of the molecule is CCc1nc2ccc(C(=O)Nc3cc(Cl)cc(NS(C)(=O)=O)c3)cn2c1N(C)C. The van der Waals surface area contributed by atoms with Crippen LogP contribution in [0, 0.1) is 0 Å². The molecule has 0 aliphatic heterocycles. The molecule has 2 aromatic heterocycles. The molecule has 2 heterocycles. The highest BCUT2D eigenvalue weighted by molar-refractivity contribution is 7.92. The Kier molecular flexibility index (Phi) is 5.72. The molecule has 0 bridgehead atoms. The van der Waals surface area contributed by atoms with Crippen LogP contribution in [0.4, 0.5) is 17.2 Å². The van der Waals surface area contributed by atoms with E-state index in [1.165, 1.54) is 12.1 Å². The number of rotatable bonds is 6. The number of carbonyl (C=O) groups is 1. The van der Waals surface area contributed by atoms with E-state index >= 15 is 0 Å². The summed E-state index contributed by atoms with van der Waals surface area (Å²) < 4.78 is 27.1. The lowest BCUT2D eigenvalue weighted by Crippen LogP contribution is -2.16.